The lowest BCUT2D eigenvalue weighted by Gasteiger charge is -2.26. The van der Waals surface area contributed by atoms with E-state index in [1.54, 1.807) is 0 Å². The Hall–Kier alpha value is -1.55. The van der Waals surface area contributed by atoms with Crippen LogP contribution in [0.15, 0.2) is 29.2 Å². The zero-order valence-corrected chi connectivity index (χ0v) is 13.7. The summed E-state index contributed by atoms with van der Waals surface area (Å²) in [6.07, 6.45) is -4.15. The van der Waals surface area contributed by atoms with Gasteiger partial charge < -0.3 is 10.1 Å². The lowest BCUT2D eigenvalue weighted by Crippen LogP contribution is -2.45. The van der Waals surface area contributed by atoms with Crippen LogP contribution < -0.4 is 0 Å². The van der Waals surface area contributed by atoms with Gasteiger partial charge in [-0.25, -0.2) is 8.42 Å². The average molecular weight is 381 g/mol. The summed E-state index contributed by atoms with van der Waals surface area (Å²) in [4.78, 5) is 1.88. The molecular weight excluding hydrogens is 369 g/mol. The lowest BCUT2D eigenvalue weighted by atomic mass is 10.1. The molecule has 0 spiro atoms. The van der Waals surface area contributed by atoms with Crippen LogP contribution in [-0.4, -0.2) is 31.8 Å². The highest BCUT2D eigenvalue weighted by Crippen LogP contribution is 2.39. The number of halogens is 3. The van der Waals surface area contributed by atoms with E-state index in [4.69, 9.17) is 5.53 Å². The van der Waals surface area contributed by atoms with Crippen LogP contribution in [0.4, 0.5) is 13.2 Å². The quantitative estimate of drug-likeness (QED) is 0.263. The van der Waals surface area contributed by atoms with Crippen molar-refractivity contribution in [2.24, 2.45) is 0 Å². The highest BCUT2D eigenvalue weighted by atomic mass is 32.2. The third-order valence-electron chi connectivity index (χ3n) is 3.94. The molecule has 0 amide bonds. The van der Waals surface area contributed by atoms with E-state index in [1.807, 2.05) is 0 Å². The van der Waals surface area contributed by atoms with Crippen molar-refractivity contribution in [3.05, 3.63) is 35.4 Å². The third kappa shape index (κ3) is 3.16. The monoisotopic (exact) mass is 381 g/mol. The van der Waals surface area contributed by atoms with E-state index in [1.165, 1.54) is 0 Å². The number of alkyl halides is 3. The number of hydrogen-bond acceptors (Lipinski definition) is 4. The van der Waals surface area contributed by atoms with Gasteiger partial charge in [-0.1, -0.05) is 18.9 Å². The molecule has 0 aromatic heterocycles. The van der Waals surface area contributed by atoms with Crippen LogP contribution in [0.3, 0.4) is 0 Å². The second kappa shape index (κ2) is 6.40. The first-order chi connectivity index (χ1) is 11.1. The van der Waals surface area contributed by atoms with Gasteiger partial charge in [0.1, 0.15) is 4.75 Å². The Bertz CT molecular complexity index is 824. The summed E-state index contributed by atoms with van der Waals surface area (Å²) in [5, 5.41) is -1.04. The molecule has 1 saturated carbocycles. The van der Waals surface area contributed by atoms with E-state index >= 15 is 0 Å². The van der Waals surface area contributed by atoms with E-state index in [0.29, 0.717) is 25.0 Å². The molecule has 1 unspecified atom stereocenters. The zero-order valence-electron chi connectivity index (χ0n) is 12.1. The van der Waals surface area contributed by atoms with Gasteiger partial charge in [-0.3, -0.25) is 4.21 Å². The van der Waals surface area contributed by atoms with Crippen LogP contribution in [0.5, 0.6) is 0 Å². The van der Waals surface area contributed by atoms with Gasteiger partial charge in [0.15, 0.2) is 0 Å². The number of sulfone groups is 1. The zero-order chi connectivity index (χ0) is 18.2. The molecule has 0 saturated heterocycles. The molecule has 0 bridgehead atoms. The highest BCUT2D eigenvalue weighted by molar-refractivity contribution is 8.08. The minimum Gasteiger partial charge on any atom is -0.771 e. The van der Waals surface area contributed by atoms with E-state index in [2.05, 4.69) is 4.79 Å². The van der Waals surface area contributed by atoms with Gasteiger partial charge in [-0.2, -0.15) is 18.0 Å². The first-order valence-electron chi connectivity index (χ1n) is 6.80. The first-order valence-corrected chi connectivity index (χ1v) is 9.36. The predicted octanol–water partition coefficient (Wildman–Crippen LogP) is 2.30. The van der Waals surface area contributed by atoms with Gasteiger partial charge >= 0.3 is 11.2 Å². The van der Waals surface area contributed by atoms with Crippen molar-refractivity contribution in [3.63, 3.8) is 0 Å². The summed E-state index contributed by atoms with van der Waals surface area (Å²) < 4.78 is 84.8. The summed E-state index contributed by atoms with van der Waals surface area (Å²) in [7, 11) is -4.71. The van der Waals surface area contributed by atoms with Gasteiger partial charge in [0.25, 0.3) is 9.84 Å². The summed E-state index contributed by atoms with van der Waals surface area (Å²) in [5.74, 6) is 0. The molecule has 1 aromatic carbocycles. The normalized spacial score (nSPS) is 18.8. The smallest absolute Gasteiger partial charge is 0.416 e. The molecule has 1 aliphatic rings. The largest absolute Gasteiger partial charge is 0.771 e. The van der Waals surface area contributed by atoms with Gasteiger partial charge in [0.05, 0.1) is 10.5 Å². The van der Waals surface area contributed by atoms with Crippen LogP contribution in [0.2, 0.25) is 0 Å². The molecule has 6 nitrogen and oxygen atoms in total. The maximum Gasteiger partial charge on any atom is 0.416 e. The van der Waals surface area contributed by atoms with Gasteiger partial charge in [0, 0.05) is 0 Å². The van der Waals surface area contributed by atoms with Crippen molar-refractivity contribution >= 4 is 26.0 Å². The van der Waals surface area contributed by atoms with Gasteiger partial charge in [-0.15, -0.1) is 0 Å². The third-order valence-corrected chi connectivity index (χ3v) is 7.16. The maximum absolute atomic E-state index is 12.8. The Morgan fingerprint density at radius 1 is 1.29 bits per heavy atom. The second-order valence-corrected chi connectivity index (χ2v) is 8.49. The van der Waals surface area contributed by atoms with Crippen molar-refractivity contribution < 1.29 is 35.1 Å². The number of hydrogen-bond donors (Lipinski definition) is 0. The van der Waals surface area contributed by atoms with Crippen LogP contribution >= 0.6 is 0 Å². The van der Waals surface area contributed by atoms with E-state index in [0.717, 1.165) is 12.1 Å². The number of benzene rings is 1. The molecule has 0 heterocycles. The average Bonchev–Trinajstić information content (AvgIpc) is 2.97. The predicted molar refractivity (Wildman–Crippen MR) is 77.4 cm³/mol. The molecule has 1 atom stereocenters. The molecule has 11 heteroatoms. The Morgan fingerprint density at radius 2 is 1.88 bits per heavy atom. The fourth-order valence-electron chi connectivity index (χ4n) is 2.74. The maximum atomic E-state index is 12.8. The van der Waals surface area contributed by atoms with Crippen LogP contribution in [-0.2, 0) is 27.1 Å². The standard InChI is InChI=1S/C13H13F3N2O4S2/c14-13(15,16)9-4-3-5-10(8-9)24(21,22)11(18-17)12(23(19)20)6-1-2-7-12/h3-5,8H,1-2,6-7H2,(H,19,20)/p-1. The summed E-state index contributed by atoms with van der Waals surface area (Å²) in [6, 6.07) is 2.86. The van der Waals surface area contributed by atoms with E-state index < -0.39 is 47.3 Å². The minimum atomic E-state index is -4.77. The van der Waals surface area contributed by atoms with E-state index in [9.17, 15) is 30.4 Å². The Labute approximate surface area is 138 Å². The topological polar surface area (TPSA) is 111 Å². The molecule has 2 rings (SSSR count). The molecule has 1 fully saturated rings. The summed E-state index contributed by atoms with van der Waals surface area (Å²) in [6.45, 7) is 0. The minimum absolute atomic E-state index is 0.0826. The Balaban J connectivity index is 2.61. The SMILES string of the molecule is [N-]=[N+]=C(C1(S(=O)[O-])CCCC1)S(=O)(=O)c1cccc(C(F)(F)F)c1. The Kier molecular flexibility index (Phi) is 5.01. The highest BCUT2D eigenvalue weighted by Gasteiger charge is 2.54. The van der Waals surface area contributed by atoms with Crippen molar-refractivity contribution in [2.75, 3.05) is 0 Å². The van der Waals surface area contributed by atoms with Crippen molar-refractivity contribution in [1.82, 2.24) is 0 Å². The van der Waals surface area contributed by atoms with Gasteiger partial charge in [0.2, 0.25) is 0 Å². The lowest BCUT2D eigenvalue weighted by molar-refractivity contribution is -0.137. The summed E-state index contributed by atoms with van der Waals surface area (Å²) in [5.41, 5.74) is 7.94. The van der Waals surface area contributed by atoms with Crippen molar-refractivity contribution in [2.45, 2.75) is 41.5 Å². The van der Waals surface area contributed by atoms with Crippen molar-refractivity contribution in [3.8, 4) is 0 Å². The molecular formula is C13H12F3N2O4S2-. The fourth-order valence-corrected chi connectivity index (χ4v) is 5.64. The molecule has 1 aromatic rings. The van der Waals surface area contributed by atoms with Gasteiger partial charge in [-0.05, 0) is 42.1 Å². The van der Waals surface area contributed by atoms with Crippen LogP contribution in [0, 0.1) is 0 Å². The molecule has 0 radical (unpaired) electrons. The molecule has 0 N–H and O–H groups in total. The first kappa shape index (κ1) is 18.8. The van der Waals surface area contributed by atoms with Crippen LogP contribution in [0.1, 0.15) is 31.2 Å². The molecule has 0 aliphatic heterocycles. The number of rotatable bonds is 3. The van der Waals surface area contributed by atoms with Crippen molar-refractivity contribution in [1.29, 1.82) is 0 Å². The summed E-state index contributed by atoms with van der Waals surface area (Å²) >= 11 is -2.91. The Morgan fingerprint density at radius 3 is 2.33 bits per heavy atom. The fraction of sp³-hybridized carbons (Fsp3) is 0.462. The number of nitrogens with zero attached hydrogens (tertiary/aromatic N) is 2. The molecule has 132 valence electrons. The molecule has 24 heavy (non-hydrogen) atoms. The second-order valence-electron chi connectivity index (χ2n) is 5.37. The van der Waals surface area contributed by atoms with Crippen LogP contribution in [0.25, 0.3) is 5.53 Å². The van der Waals surface area contributed by atoms with E-state index in [-0.39, 0.29) is 12.8 Å². The molecule has 1 aliphatic carbocycles.